The van der Waals surface area contributed by atoms with Gasteiger partial charge in [0.25, 0.3) is 0 Å². The van der Waals surface area contributed by atoms with Crippen molar-refractivity contribution in [3.05, 3.63) is 35.9 Å². The predicted molar refractivity (Wildman–Crippen MR) is 216 cm³/mol. The molecule has 3 fully saturated rings. The van der Waals surface area contributed by atoms with Crippen LogP contribution in [0.15, 0.2) is 35.5 Å². The first-order valence-electron chi connectivity index (χ1n) is 20.8. The minimum Gasteiger partial charge on any atom is -0.459 e. The minimum atomic E-state index is -1.96. The number of likely N-dealkylation sites (N-methyl/N-ethyl adjacent to an activating group) is 1. The molecule has 3 aliphatic heterocycles. The number of benzene rings is 1. The second-order valence-corrected chi connectivity index (χ2v) is 17.3. The third-order valence-electron chi connectivity index (χ3n) is 12.5. The number of hydrogen-bond donors (Lipinski definition) is 3. The SMILES string of the molecule is CC[C@H]1OC(=O)[C@H](C)C(=O)[C@H](C)[C@@H](O[C@@H]2O[C@H](C)C[C@H](N(C)C)[C@H]2O)[C@@](C)(OC)C[C@@H](C)/C(=N\OC2CCCN(C(=O)OCc3ccccc3)C2)[C@H](C)[C@@H](O)[C@]1(C)O. The summed E-state index contributed by atoms with van der Waals surface area (Å²) in [7, 11) is 5.24. The van der Waals surface area contributed by atoms with Crippen LogP contribution in [0, 0.1) is 23.7 Å². The topological polar surface area (TPSA) is 186 Å². The summed E-state index contributed by atoms with van der Waals surface area (Å²) in [5.74, 6) is -4.95. The lowest BCUT2D eigenvalue weighted by atomic mass is 9.74. The number of piperidine rings is 1. The van der Waals surface area contributed by atoms with Crippen LogP contribution < -0.4 is 0 Å². The van der Waals surface area contributed by atoms with Crippen LogP contribution in [0.4, 0.5) is 4.79 Å². The van der Waals surface area contributed by atoms with Gasteiger partial charge in [0.15, 0.2) is 12.1 Å². The van der Waals surface area contributed by atoms with E-state index in [2.05, 4.69) is 5.16 Å². The van der Waals surface area contributed by atoms with Gasteiger partial charge in [0.1, 0.15) is 36.4 Å². The van der Waals surface area contributed by atoms with Gasteiger partial charge < -0.3 is 53.6 Å². The normalized spacial score (nSPS) is 39.2. The van der Waals surface area contributed by atoms with Gasteiger partial charge in [-0.15, -0.1) is 0 Å². The Labute approximate surface area is 344 Å². The number of likely N-dealkylation sites (tertiary alicyclic amines) is 1. The van der Waals surface area contributed by atoms with Gasteiger partial charge in [-0.2, -0.15) is 0 Å². The van der Waals surface area contributed by atoms with E-state index in [0.29, 0.717) is 31.5 Å². The highest BCUT2D eigenvalue weighted by molar-refractivity contribution is 6.00. The summed E-state index contributed by atoms with van der Waals surface area (Å²) < 4.78 is 30.5. The summed E-state index contributed by atoms with van der Waals surface area (Å²) in [4.78, 5) is 50.7. The Morgan fingerprint density at radius 3 is 2.34 bits per heavy atom. The van der Waals surface area contributed by atoms with Gasteiger partial charge in [0.2, 0.25) is 0 Å². The Bertz CT molecular complexity index is 1540. The molecule has 0 aromatic heterocycles. The van der Waals surface area contributed by atoms with Crippen LogP contribution in [0.2, 0.25) is 0 Å². The van der Waals surface area contributed by atoms with Crippen LogP contribution in [-0.4, -0.2) is 143 Å². The summed E-state index contributed by atoms with van der Waals surface area (Å²) in [5, 5.41) is 40.0. The Kier molecular flexibility index (Phi) is 16.7. The number of ketones is 1. The highest BCUT2D eigenvalue weighted by Gasteiger charge is 2.51. The van der Waals surface area contributed by atoms with E-state index in [-0.39, 0.29) is 38.1 Å². The Hall–Kier alpha value is -3.18. The van der Waals surface area contributed by atoms with Gasteiger partial charge in [-0.3, -0.25) is 9.59 Å². The molecule has 4 rings (SSSR count). The number of carbonyl (C=O) groups excluding carboxylic acids is 3. The lowest BCUT2D eigenvalue weighted by molar-refractivity contribution is -0.295. The van der Waals surface area contributed by atoms with Crippen LogP contribution >= 0.6 is 0 Å². The van der Waals surface area contributed by atoms with E-state index in [9.17, 15) is 29.7 Å². The Balaban J connectivity index is 1.71. The first kappa shape index (κ1) is 47.5. The number of hydrogen-bond acceptors (Lipinski definition) is 14. The molecule has 3 heterocycles. The van der Waals surface area contributed by atoms with Crippen molar-refractivity contribution in [2.24, 2.45) is 28.8 Å². The molecule has 3 saturated heterocycles. The fourth-order valence-electron chi connectivity index (χ4n) is 8.75. The maximum absolute atomic E-state index is 14.2. The van der Waals surface area contributed by atoms with Crippen LogP contribution in [-0.2, 0) is 44.7 Å². The van der Waals surface area contributed by atoms with Gasteiger partial charge in [-0.05, 0) is 79.5 Å². The number of carbonyl (C=O) groups is 3. The van der Waals surface area contributed by atoms with Crippen molar-refractivity contribution >= 4 is 23.6 Å². The number of oxime groups is 1. The van der Waals surface area contributed by atoms with E-state index >= 15 is 0 Å². The van der Waals surface area contributed by atoms with Crippen molar-refractivity contribution < 1.29 is 58.2 Å². The van der Waals surface area contributed by atoms with Crippen molar-refractivity contribution in [1.29, 1.82) is 0 Å². The molecule has 58 heavy (non-hydrogen) atoms. The summed E-state index contributed by atoms with van der Waals surface area (Å²) in [6.07, 6.45) is -5.05. The summed E-state index contributed by atoms with van der Waals surface area (Å²) in [5.41, 5.74) is -1.99. The molecular formula is C43H69N3O12. The molecule has 0 spiro atoms. The lowest BCUT2D eigenvalue weighted by Gasteiger charge is -2.47. The largest absolute Gasteiger partial charge is 0.459 e. The van der Waals surface area contributed by atoms with Crippen molar-refractivity contribution in [1.82, 2.24) is 9.80 Å². The second-order valence-electron chi connectivity index (χ2n) is 17.3. The zero-order valence-corrected chi connectivity index (χ0v) is 36.3. The molecule has 1 unspecified atom stereocenters. The van der Waals surface area contributed by atoms with Gasteiger partial charge in [0.05, 0.1) is 36.2 Å². The van der Waals surface area contributed by atoms with Gasteiger partial charge in [0, 0.05) is 37.5 Å². The molecule has 0 saturated carbocycles. The molecule has 3 aliphatic rings. The fraction of sp³-hybridized carbons (Fsp3) is 0.767. The number of aliphatic hydroxyl groups excluding tert-OH is 2. The Morgan fingerprint density at radius 2 is 1.72 bits per heavy atom. The third kappa shape index (κ3) is 11.1. The molecule has 0 bridgehead atoms. The van der Waals surface area contributed by atoms with Gasteiger partial charge >= 0.3 is 12.1 Å². The van der Waals surface area contributed by atoms with E-state index in [4.69, 9.17) is 28.5 Å². The van der Waals surface area contributed by atoms with Crippen LogP contribution in [0.25, 0.3) is 0 Å². The molecule has 0 aliphatic carbocycles. The second kappa shape index (κ2) is 20.4. The highest BCUT2D eigenvalue weighted by Crippen LogP contribution is 2.39. The molecule has 14 atom stereocenters. The van der Waals surface area contributed by atoms with Crippen molar-refractivity contribution in [3.8, 4) is 0 Å². The molecule has 3 N–H and O–H groups in total. The van der Waals surface area contributed by atoms with Crippen molar-refractivity contribution in [2.45, 2.75) is 154 Å². The average Bonchev–Trinajstić information content (AvgIpc) is 3.20. The molecule has 1 aromatic rings. The summed E-state index contributed by atoms with van der Waals surface area (Å²) >= 11 is 0. The molecular weight excluding hydrogens is 750 g/mol. The number of rotatable bonds is 9. The monoisotopic (exact) mass is 819 g/mol. The quantitative estimate of drug-likeness (QED) is 0.182. The zero-order chi connectivity index (χ0) is 43.1. The third-order valence-corrected chi connectivity index (χ3v) is 12.5. The fourth-order valence-corrected chi connectivity index (χ4v) is 8.75. The number of Topliss-reactive ketones (excluding diaryl/α,β-unsaturated/α-hetero) is 1. The predicted octanol–water partition coefficient (Wildman–Crippen LogP) is 4.33. The Morgan fingerprint density at radius 1 is 1.05 bits per heavy atom. The van der Waals surface area contributed by atoms with E-state index in [1.165, 1.54) is 21.0 Å². The standard InChI is InChI=1S/C43H69N3O12/c1-12-33-43(8,52)37(49)27(4)34(44-58-31-19-16-20-46(23-31)41(51)54-24-30-17-14-13-15-18-30)25(2)22-42(7,53-11)38(28(5)35(47)29(6)39(50)56-33)57-40-36(48)32(45(9)10)21-26(3)55-40/h13-15,17-18,25-29,31-33,36-38,40,48-49,52H,12,16,19-24H2,1-11H3/b44-34+/t25-,26-,27+,28+,29-,31?,32+,33-,36-,37-,38-,40+,42+,43-/m1/s1. The molecule has 0 radical (unpaired) electrons. The maximum atomic E-state index is 14.2. The highest BCUT2D eigenvalue weighted by atomic mass is 16.7. The number of aliphatic hydroxyl groups is 3. The van der Waals surface area contributed by atoms with E-state index in [1.807, 2.05) is 63.2 Å². The number of nitrogens with zero attached hydrogens (tertiary/aromatic N) is 3. The van der Waals surface area contributed by atoms with Crippen LogP contribution in [0.1, 0.15) is 93.1 Å². The van der Waals surface area contributed by atoms with E-state index in [1.54, 1.807) is 32.6 Å². The number of cyclic esters (lactones) is 1. The van der Waals surface area contributed by atoms with Gasteiger partial charge in [-0.1, -0.05) is 63.2 Å². The summed E-state index contributed by atoms with van der Waals surface area (Å²) in [6.45, 7) is 14.4. The average molecular weight is 820 g/mol. The first-order valence-corrected chi connectivity index (χ1v) is 20.8. The van der Waals surface area contributed by atoms with E-state index in [0.717, 1.165) is 5.56 Å². The first-order chi connectivity index (χ1) is 27.2. The minimum absolute atomic E-state index is 0.137. The number of esters is 1. The van der Waals surface area contributed by atoms with Gasteiger partial charge in [-0.25, -0.2) is 4.79 Å². The number of amides is 1. The number of methoxy groups -OCH3 is 1. The van der Waals surface area contributed by atoms with Crippen LogP contribution in [0.5, 0.6) is 0 Å². The maximum Gasteiger partial charge on any atom is 0.410 e. The molecule has 15 heteroatoms. The lowest BCUT2D eigenvalue weighted by Crippen LogP contribution is -2.60. The number of ether oxygens (including phenoxy) is 5. The molecule has 1 amide bonds. The molecule has 15 nitrogen and oxygen atoms in total. The zero-order valence-electron chi connectivity index (χ0n) is 36.3. The molecule has 1 aromatic carbocycles. The smallest absolute Gasteiger partial charge is 0.410 e. The van der Waals surface area contributed by atoms with Crippen molar-refractivity contribution in [3.63, 3.8) is 0 Å². The van der Waals surface area contributed by atoms with Crippen molar-refractivity contribution in [2.75, 3.05) is 34.3 Å². The summed E-state index contributed by atoms with van der Waals surface area (Å²) in [6, 6.07) is 9.13. The van der Waals surface area contributed by atoms with Crippen LogP contribution in [0.3, 0.4) is 0 Å². The van der Waals surface area contributed by atoms with E-state index < -0.39 is 89.5 Å². The molecule has 328 valence electrons.